The molecule has 1 aromatic rings. The van der Waals surface area contributed by atoms with Crippen LogP contribution in [-0.4, -0.2) is 20.1 Å². The molecule has 0 spiro atoms. The van der Waals surface area contributed by atoms with Gasteiger partial charge in [-0.15, -0.1) is 0 Å². The molecule has 0 saturated heterocycles. The van der Waals surface area contributed by atoms with Crippen LogP contribution >= 0.6 is 11.6 Å². The lowest BCUT2D eigenvalue weighted by Crippen LogP contribution is -2.00. The molecule has 0 amide bonds. The van der Waals surface area contributed by atoms with Crippen LogP contribution < -0.4 is 4.74 Å². The van der Waals surface area contributed by atoms with Crippen LogP contribution in [0.1, 0.15) is 18.4 Å². The van der Waals surface area contributed by atoms with E-state index in [0.717, 1.165) is 24.2 Å². The van der Waals surface area contributed by atoms with Gasteiger partial charge in [-0.2, -0.15) is 0 Å². The van der Waals surface area contributed by atoms with Gasteiger partial charge in [0.2, 0.25) is 0 Å². The molecule has 0 aliphatic carbocycles. The summed E-state index contributed by atoms with van der Waals surface area (Å²) < 4.78 is 10.0. The second-order valence-corrected chi connectivity index (χ2v) is 3.87. The first-order chi connectivity index (χ1) is 7.67. The van der Waals surface area contributed by atoms with E-state index in [1.165, 1.54) is 7.11 Å². The number of benzene rings is 1. The van der Waals surface area contributed by atoms with E-state index in [1.54, 1.807) is 13.2 Å². The van der Waals surface area contributed by atoms with Gasteiger partial charge in [0, 0.05) is 11.4 Å². The van der Waals surface area contributed by atoms with Crippen molar-refractivity contribution in [3.8, 4) is 5.75 Å². The van der Waals surface area contributed by atoms with E-state index in [1.807, 2.05) is 12.1 Å². The number of nitrogens with one attached hydrogen (secondary N) is 1. The van der Waals surface area contributed by atoms with Crippen LogP contribution in [0, 0.1) is 5.41 Å². The first-order valence-corrected chi connectivity index (χ1v) is 5.49. The minimum Gasteiger partial charge on any atom is -0.496 e. The van der Waals surface area contributed by atoms with Gasteiger partial charge in [-0.1, -0.05) is 11.6 Å². The molecule has 0 fully saturated rings. The predicted octanol–water partition coefficient (Wildman–Crippen LogP) is 3.29. The molecule has 16 heavy (non-hydrogen) atoms. The maximum atomic E-state index is 7.36. The molecule has 0 saturated carbocycles. The molecular weight excluding hydrogens is 226 g/mol. The van der Waals surface area contributed by atoms with Gasteiger partial charge in [0.25, 0.3) is 0 Å². The standard InChI is InChI=1S/C12H16ClNO2/c1-15-11-7-6-10(13)8-9(11)4-3-5-12(14)16-2/h6-8,14H,3-5H2,1-2H3. The molecule has 0 heterocycles. The van der Waals surface area contributed by atoms with Gasteiger partial charge in [0.1, 0.15) is 5.75 Å². The van der Waals surface area contributed by atoms with Gasteiger partial charge in [-0.3, -0.25) is 5.41 Å². The molecule has 3 nitrogen and oxygen atoms in total. The summed E-state index contributed by atoms with van der Waals surface area (Å²) in [4.78, 5) is 0. The third-order valence-corrected chi connectivity index (χ3v) is 2.57. The summed E-state index contributed by atoms with van der Waals surface area (Å²) in [5.41, 5.74) is 1.07. The predicted molar refractivity (Wildman–Crippen MR) is 65.7 cm³/mol. The Morgan fingerprint density at radius 1 is 1.38 bits per heavy atom. The Hall–Kier alpha value is -1.22. The summed E-state index contributed by atoms with van der Waals surface area (Å²) in [5, 5.41) is 8.07. The molecule has 0 aromatic heterocycles. The number of hydrogen-bond acceptors (Lipinski definition) is 3. The fourth-order valence-electron chi connectivity index (χ4n) is 1.48. The van der Waals surface area contributed by atoms with Crippen LogP contribution in [0.5, 0.6) is 5.75 Å². The van der Waals surface area contributed by atoms with Crippen molar-refractivity contribution < 1.29 is 9.47 Å². The maximum absolute atomic E-state index is 7.36. The van der Waals surface area contributed by atoms with Crippen LogP contribution in [0.25, 0.3) is 0 Å². The number of aryl methyl sites for hydroxylation is 1. The monoisotopic (exact) mass is 241 g/mol. The van der Waals surface area contributed by atoms with Crippen LogP contribution in [0.3, 0.4) is 0 Å². The van der Waals surface area contributed by atoms with Crippen LogP contribution in [-0.2, 0) is 11.2 Å². The third-order valence-electron chi connectivity index (χ3n) is 2.34. The lowest BCUT2D eigenvalue weighted by Gasteiger charge is -2.08. The van der Waals surface area contributed by atoms with Gasteiger partial charge in [0.05, 0.1) is 14.2 Å². The Morgan fingerprint density at radius 2 is 2.12 bits per heavy atom. The quantitative estimate of drug-likeness (QED) is 0.635. The number of hydrogen-bond donors (Lipinski definition) is 1. The molecular formula is C12H16ClNO2. The van der Waals surface area contributed by atoms with Crippen molar-refractivity contribution in [2.45, 2.75) is 19.3 Å². The van der Waals surface area contributed by atoms with Crippen LogP contribution in [0.2, 0.25) is 5.02 Å². The summed E-state index contributed by atoms with van der Waals surface area (Å²) in [6.45, 7) is 0. The highest BCUT2D eigenvalue weighted by Gasteiger charge is 2.04. The largest absolute Gasteiger partial charge is 0.496 e. The van der Waals surface area contributed by atoms with E-state index in [4.69, 9.17) is 26.5 Å². The van der Waals surface area contributed by atoms with Crippen molar-refractivity contribution in [1.82, 2.24) is 0 Å². The molecule has 0 aliphatic rings. The minimum atomic E-state index is 0.306. The van der Waals surface area contributed by atoms with Crippen molar-refractivity contribution in [3.63, 3.8) is 0 Å². The minimum absolute atomic E-state index is 0.306. The van der Waals surface area contributed by atoms with E-state index < -0.39 is 0 Å². The molecule has 0 bridgehead atoms. The van der Waals surface area contributed by atoms with Crippen LogP contribution in [0.4, 0.5) is 0 Å². The van der Waals surface area contributed by atoms with Crippen molar-refractivity contribution in [2.75, 3.05) is 14.2 Å². The molecule has 0 aliphatic heterocycles. The van der Waals surface area contributed by atoms with Gasteiger partial charge >= 0.3 is 0 Å². The molecule has 4 heteroatoms. The normalized spacial score (nSPS) is 9.94. The van der Waals surface area contributed by atoms with E-state index in [-0.39, 0.29) is 0 Å². The van der Waals surface area contributed by atoms with Gasteiger partial charge < -0.3 is 9.47 Å². The molecule has 0 unspecified atom stereocenters. The number of ether oxygens (including phenoxy) is 2. The summed E-state index contributed by atoms with van der Waals surface area (Å²) in [6.07, 6.45) is 2.31. The zero-order valence-corrected chi connectivity index (χ0v) is 10.3. The fraction of sp³-hybridized carbons (Fsp3) is 0.417. The Labute approximate surface area is 101 Å². The number of rotatable bonds is 5. The zero-order chi connectivity index (χ0) is 12.0. The highest BCUT2D eigenvalue weighted by Crippen LogP contribution is 2.24. The highest BCUT2D eigenvalue weighted by atomic mass is 35.5. The zero-order valence-electron chi connectivity index (χ0n) is 9.55. The summed E-state index contributed by atoms with van der Waals surface area (Å²) in [6, 6.07) is 5.57. The fourth-order valence-corrected chi connectivity index (χ4v) is 1.68. The Kier molecular flexibility index (Phi) is 5.12. The van der Waals surface area contributed by atoms with Crippen molar-refractivity contribution in [2.24, 2.45) is 0 Å². The van der Waals surface area contributed by atoms with E-state index in [9.17, 15) is 0 Å². The SMILES string of the molecule is COC(=N)CCCc1cc(Cl)ccc1OC. The van der Waals surface area contributed by atoms with Gasteiger partial charge in [-0.25, -0.2) is 0 Å². The summed E-state index contributed by atoms with van der Waals surface area (Å²) in [7, 11) is 3.16. The summed E-state index contributed by atoms with van der Waals surface area (Å²) in [5.74, 6) is 1.15. The summed E-state index contributed by atoms with van der Waals surface area (Å²) >= 11 is 5.92. The Balaban J connectivity index is 2.58. The molecule has 1 rings (SSSR count). The third kappa shape index (κ3) is 3.74. The van der Waals surface area contributed by atoms with Crippen molar-refractivity contribution in [3.05, 3.63) is 28.8 Å². The van der Waals surface area contributed by atoms with Crippen molar-refractivity contribution in [1.29, 1.82) is 5.41 Å². The molecule has 1 N–H and O–H groups in total. The smallest absolute Gasteiger partial charge is 0.180 e. The molecule has 0 atom stereocenters. The lowest BCUT2D eigenvalue weighted by molar-refractivity contribution is 0.383. The average molecular weight is 242 g/mol. The first kappa shape index (κ1) is 12.8. The molecule has 1 aromatic carbocycles. The second kappa shape index (κ2) is 6.38. The van der Waals surface area contributed by atoms with E-state index in [2.05, 4.69) is 0 Å². The van der Waals surface area contributed by atoms with E-state index in [0.29, 0.717) is 17.3 Å². The topological polar surface area (TPSA) is 42.3 Å². The molecule has 88 valence electrons. The highest BCUT2D eigenvalue weighted by molar-refractivity contribution is 6.30. The number of methoxy groups -OCH3 is 2. The Bertz CT molecular complexity index is 366. The average Bonchev–Trinajstić information content (AvgIpc) is 2.29. The first-order valence-electron chi connectivity index (χ1n) is 5.11. The van der Waals surface area contributed by atoms with Gasteiger partial charge in [-0.05, 0) is 36.6 Å². The number of halogens is 1. The second-order valence-electron chi connectivity index (χ2n) is 3.44. The Morgan fingerprint density at radius 3 is 2.75 bits per heavy atom. The van der Waals surface area contributed by atoms with E-state index >= 15 is 0 Å². The van der Waals surface area contributed by atoms with Gasteiger partial charge in [0.15, 0.2) is 5.90 Å². The lowest BCUT2D eigenvalue weighted by atomic mass is 10.1. The maximum Gasteiger partial charge on any atom is 0.180 e. The van der Waals surface area contributed by atoms with Crippen LogP contribution in [0.15, 0.2) is 18.2 Å². The molecule has 0 radical (unpaired) electrons. The van der Waals surface area contributed by atoms with Crippen molar-refractivity contribution >= 4 is 17.5 Å².